The zero-order chi connectivity index (χ0) is 27.7. The SMILES string of the molecule is Cc1c2ccnc(C(=O)N[C@H](C)CN(C)C)c2cc2c3cccc(OCCCN4CCN(C)CC4)c3n(C)c12. The molecule has 8 nitrogen and oxygen atoms in total. The Hall–Kier alpha value is -3.20. The predicted molar refractivity (Wildman–Crippen MR) is 160 cm³/mol. The summed E-state index contributed by atoms with van der Waals surface area (Å²) in [5.74, 6) is 0.764. The second-order valence-electron chi connectivity index (χ2n) is 11.3. The molecular formula is C31H42N6O2. The summed E-state index contributed by atoms with van der Waals surface area (Å²) in [5, 5.41) is 7.29. The summed E-state index contributed by atoms with van der Waals surface area (Å²) in [5.41, 5.74) is 3.85. The number of benzene rings is 2. The molecule has 3 heterocycles. The van der Waals surface area contributed by atoms with Crippen molar-refractivity contribution in [1.29, 1.82) is 0 Å². The van der Waals surface area contributed by atoms with Crippen molar-refractivity contribution in [2.24, 2.45) is 7.05 Å². The van der Waals surface area contributed by atoms with E-state index in [-0.39, 0.29) is 11.9 Å². The van der Waals surface area contributed by atoms with Crippen LogP contribution in [0.2, 0.25) is 0 Å². The van der Waals surface area contributed by atoms with Crippen LogP contribution in [0.25, 0.3) is 32.6 Å². The normalized spacial score (nSPS) is 16.0. The number of fused-ring (bicyclic) bond motifs is 4. The molecule has 4 aromatic rings. The van der Waals surface area contributed by atoms with E-state index in [4.69, 9.17) is 4.74 Å². The van der Waals surface area contributed by atoms with Gasteiger partial charge in [0.15, 0.2) is 0 Å². The van der Waals surface area contributed by atoms with Gasteiger partial charge >= 0.3 is 0 Å². The van der Waals surface area contributed by atoms with Crippen molar-refractivity contribution in [2.45, 2.75) is 26.3 Å². The molecule has 1 atom stereocenters. The summed E-state index contributed by atoms with van der Waals surface area (Å²) in [7, 11) is 8.31. The highest BCUT2D eigenvalue weighted by Gasteiger charge is 2.21. The van der Waals surface area contributed by atoms with Crippen LogP contribution in [0.5, 0.6) is 5.75 Å². The first-order valence-electron chi connectivity index (χ1n) is 14.0. The maximum Gasteiger partial charge on any atom is 0.270 e. The van der Waals surface area contributed by atoms with E-state index < -0.39 is 0 Å². The number of likely N-dealkylation sites (N-methyl/N-ethyl adjacent to an activating group) is 2. The molecule has 0 aliphatic carbocycles. The number of hydrogen-bond donors (Lipinski definition) is 1. The molecule has 0 bridgehead atoms. The first-order chi connectivity index (χ1) is 18.7. The summed E-state index contributed by atoms with van der Waals surface area (Å²) in [4.78, 5) is 24.8. The largest absolute Gasteiger partial charge is 0.491 e. The molecule has 1 fully saturated rings. The highest BCUT2D eigenvalue weighted by molar-refractivity contribution is 6.18. The van der Waals surface area contributed by atoms with Crippen LogP contribution in [0.1, 0.15) is 29.4 Å². The molecule has 208 valence electrons. The van der Waals surface area contributed by atoms with Gasteiger partial charge < -0.3 is 29.3 Å². The summed E-state index contributed by atoms with van der Waals surface area (Å²) in [6, 6.07) is 10.4. The fourth-order valence-corrected chi connectivity index (χ4v) is 6.05. The minimum Gasteiger partial charge on any atom is -0.491 e. The third kappa shape index (κ3) is 5.60. The van der Waals surface area contributed by atoms with Crippen molar-refractivity contribution >= 4 is 38.5 Å². The molecule has 5 rings (SSSR count). The van der Waals surface area contributed by atoms with Gasteiger partial charge in [0, 0.05) is 74.7 Å². The van der Waals surface area contributed by atoms with Crippen molar-refractivity contribution in [3.05, 3.63) is 47.8 Å². The summed E-state index contributed by atoms with van der Waals surface area (Å²) < 4.78 is 8.62. The van der Waals surface area contributed by atoms with Crippen LogP contribution in [-0.2, 0) is 7.05 Å². The predicted octanol–water partition coefficient (Wildman–Crippen LogP) is 3.88. The van der Waals surface area contributed by atoms with Gasteiger partial charge in [-0.15, -0.1) is 0 Å². The van der Waals surface area contributed by atoms with E-state index >= 15 is 0 Å². The number of rotatable bonds is 9. The minimum absolute atomic E-state index is 0.0166. The van der Waals surface area contributed by atoms with E-state index in [0.29, 0.717) is 12.3 Å². The van der Waals surface area contributed by atoms with Crippen molar-refractivity contribution < 1.29 is 9.53 Å². The molecule has 0 spiro atoms. The number of piperazine rings is 1. The molecule has 39 heavy (non-hydrogen) atoms. The molecular weight excluding hydrogens is 488 g/mol. The molecule has 1 saturated heterocycles. The van der Waals surface area contributed by atoms with E-state index in [9.17, 15) is 4.79 Å². The smallest absolute Gasteiger partial charge is 0.270 e. The summed E-state index contributed by atoms with van der Waals surface area (Å²) in [6.07, 6.45) is 2.74. The zero-order valence-corrected chi connectivity index (χ0v) is 24.3. The molecule has 2 aromatic heterocycles. The Morgan fingerprint density at radius 1 is 1.05 bits per heavy atom. The fourth-order valence-electron chi connectivity index (χ4n) is 6.05. The average Bonchev–Trinajstić information content (AvgIpc) is 3.19. The first kappa shape index (κ1) is 27.4. The monoisotopic (exact) mass is 530 g/mol. The number of pyridine rings is 1. The Morgan fingerprint density at radius 2 is 1.82 bits per heavy atom. The third-order valence-electron chi connectivity index (χ3n) is 7.96. The number of nitrogens with one attached hydrogen (secondary N) is 1. The molecule has 8 heteroatoms. The lowest BCUT2D eigenvalue weighted by atomic mass is 10.00. The van der Waals surface area contributed by atoms with E-state index in [1.165, 1.54) is 0 Å². The highest BCUT2D eigenvalue weighted by Crippen LogP contribution is 2.39. The van der Waals surface area contributed by atoms with Crippen LogP contribution in [0.3, 0.4) is 0 Å². The molecule has 0 saturated carbocycles. The van der Waals surface area contributed by atoms with Crippen LogP contribution < -0.4 is 10.1 Å². The van der Waals surface area contributed by atoms with Crippen molar-refractivity contribution in [2.75, 3.05) is 67.0 Å². The molecule has 1 aliphatic rings. The van der Waals surface area contributed by atoms with Crippen molar-refractivity contribution in [3.8, 4) is 5.75 Å². The number of nitrogens with zero attached hydrogens (tertiary/aromatic N) is 5. The molecule has 0 unspecified atom stereocenters. The number of ether oxygens (including phenoxy) is 1. The number of hydrogen-bond acceptors (Lipinski definition) is 6. The van der Waals surface area contributed by atoms with Crippen LogP contribution in [-0.4, -0.2) is 103 Å². The van der Waals surface area contributed by atoms with Crippen LogP contribution >= 0.6 is 0 Å². The number of carbonyl (C=O) groups is 1. The average molecular weight is 531 g/mol. The van der Waals surface area contributed by atoms with Gasteiger partial charge in [0.2, 0.25) is 0 Å². The number of amides is 1. The van der Waals surface area contributed by atoms with Gasteiger partial charge in [-0.25, -0.2) is 0 Å². The second kappa shape index (κ2) is 11.5. The number of aryl methyl sites for hydroxylation is 2. The fraction of sp³-hybridized carbons (Fsp3) is 0.484. The standard InChI is InChI=1S/C31H42N6O2/c1-21(20-34(3)4)33-31(38)28-25-19-26-24-9-7-10-27(39-18-8-13-37-16-14-35(5)15-17-37)30(24)36(6)29(26)22(2)23(25)11-12-32-28/h7,9-12,19,21H,8,13-18,20H2,1-6H3,(H,33,38)/t21-/m1/s1. The number of aromatic nitrogens is 2. The Morgan fingerprint density at radius 3 is 2.56 bits per heavy atom. The van der Waals surface area contributed by atoms with E-state index in [1.54, 1.807) is 6.20 Å². The lowest BCUT2D eigenvalue weighted by molar-refractivity contribution is 0.0931. The second-order valence-corrected chi connectivity index (χ2v) is 11.3. The lowest BCUT2D eigenvalue weighted by Gasteiger charge is -2.32. The van der Waals surface area contributed by atoms with Crippen LogP contribution in [0.15, 0.2) is 36.5 Å². The van der Waals surface area contributed by atoms with Gasteiger partial charge in [-0.05, 0) is 70.6 Å². The zero-order valence-electron chi connectivity index (χ0n) is 24.3. The summed E-state index contributed by atoms with van der Waals surface area (Å²) >= 11 is 0. The van der Waals surface area contributed by atoms with Gasteiger partial charge in [0.25, 0.3) is 5.91 Å². The Balaban J connectivity index is 1.45. The molecule has 1 aliphatic heterocycles. The molecule has 0 radical (unpaired) electrons. The maximum atomic E-state index is 13.3. The first-order valence-corrected chi connectivity index (χ1v) is 14.0. The third-order valence-corrected chi connectivity index (χ3v) is 7.96. The maximum absolute atomic E-state index is 13.3. The van der Waals surface area contributed by atoms with Gasteiger partial charge in [-0.2, -0.15) is 0 Å². The van der Waals surface area contributed by atoms with E-state index in [0.717, 1.165) is 89.6 Å². The number of carbonyl (C=O) groups excluding carboxylic acids is 1. The lowest BCUT2D eigenvalue weighted by Crippen LogP contribution is -2.44. The molecule has 2 aromatic carbocycles. The number of para-hydroxylation sites is 1. The minimum atomic E-state index is -0.140. The molecule has 1 amide bonds. The van der Waals surface area contributed by atoms with Gasteiger partial charge in [0.1, 0.15) is 11.4 Å². The Labute approximate surface area is 231 Å². The van der Waals surface area contributed by atoms with Gasteiger partial charge in [0.05, 0.1) is 17.6 Å². The van der Waals surface area contributed by atoms with E-state index in [2.05, 4.69) is 74.9 Å². The van der Waals surface area contributed by atoms with Crippen LogP contribution in [0.4, 0.5) is 0 Å². The van der Waals surface area contributed by atoms with Crippen molar-refractivity contribution in [1.82, 2.24) is 29.6 Å². The highest BCUT2D eigenvalue weighted by atomic mass is 16.5. The quantitative estimate of drug-likeness (QED) is 0.331. The Bertz CT molecular complexity index is 1490. The Kier molecular flexibility index (Phi) is 8.07. The van der Waals surface area contributed by atoms with E-state index in [1.807, 2.05) is 27.1 Å². The van der Waals surface area contributed by atoms with Gasteiger partial charge in [-0.3, -0.25) is 9.78 Å². The van der Waals surface area contributed by atoms with Crippen molar-refractivity contribution in [3.63, 3.8) is 0 Å². The molecule has 1 N–H and O–H groups in total. The summed E-state index contributed by atoms with van der Waals surface area (Å²) in [6.45, 7) is 11.2. The topological polar surface area (TPSA) is 65.9 Å². The van der Waals surface area contributed by atoms with Gasteiger partial charge in [-0.1, -0.05) is 12.1 Å². The van der Waals surface area contributed by atoms with Crippen LogP contribution in [0, 0.1) is 6.92 Å².